The van der Waals surface area contributed by atoms with E-state index in [-0.39, 0.29) is 5.56 Å². The number of aromatic carboxylic acids is 1. The Balaban J connectivity index is 1.49. The summed E-state index contributed by atoms with van der Waals surface area (Å²) < 4.78 is 7.37. The number of hydrogen-bond acceptors (Lipinski definition) is 7. The number of aromatic amines is 1. The van der Waals surface area contributed by atoms with Crippen molar-refractivity contribution in [3.8, 4) is 11.4 Å². The molecule has 4 aromatic rings. The Morgan fingerprint density at radius 2 is 2.10 bits per heavy atom. The molecule has 0 unspecified atom stereocenters. The van der Waals surface area contributed by atoms with Gasteiger partial charge in [0, 0.05) is 25.0 Å². The molecule has 5 rings (SSSR count). The molecule has 0 bridgehead atoms. The molecule has 152 valence electrons. The highest BCUT2D eigenvalue weighted by Gasteiger charge is 2.18. The molecule has 1 aliphatic heterocycles. The predicted molar refractivity (Wildman–Crippen MR) is 109 cm³/mol. The minimum atomic E-state index is -1.000. The monoisotopic (exact) mass is 405 g/mol. The van der Waals surface area contributed by atoms with Crippen molar-refractivity contribution in [3.63, 3.8) is 0 Å². The van der Waals surface area contributed by atoms with Gasteiger partial charge in [-0.05, 0) is 25.0 Å². The van der Waals surface area contributed by atoms with Gasteiger partial charge in [-0.2, -0.15) is 10.2 Å². The average Bonchev–Trinajstić information content (AvgIpc) is 3.44. The summed E-state index contributed by atoms with van der Waals surface area (Å²) in [5.41, 5.74) is 2.86. The van der Waals surface area contributed by atoms with E-state index in [4.69, 9.17) is 4.74 Å². The zero-order valence-corrected chi connectivity index (χ0v) is 15.9. The van der Waals surface area contributed by atoms with Crippen molar-refractivity contribution in [3.05, 3.63) is 48.4 Å². The molecule has 4 heterocycles. The summed E-state index contributed by atoms with van der Waals surface area (Å²) in [7, 11) is 0. The minimum absolute atomic E-state index is 0.177. The third-order valence-electron chi connectivity index (χ3n) is 5.10. The first kappa shape index (κ1) is 18.3. The van der Waals surface area contributed by atoms with Crippen LogP contribution in [0.1, 0.15) is 29.2 Å². The first-order valence-corrected chi connectivity index (χ1v) is 9.61. The highest BCUT2D eigenvalue weighted by molar-refractivity contribution is 5.91. The van der Waals surface area contributed by atoms with Crippen LogP contribution in [-0.2, 0) is 4.74 Å². The van der Waals surface area contributed by atoms with Crippen LogP contribution in [0.2, 0.25) is 0 Å². The molecule has 30 heavy (non-hydrogen) atoms. The lowest BCUT2D eigenvalue weighted by Crippen LogP contribution is -2.19. The molecule has 1 fully saturated rings. The van der Waals surface area contributed by atoms with Crippen LogP contribution in [0.15, 0.2) is 42.9 Å². The molecule has 3 N–H and O–H groups in total. The number of fused-ring (bicyclic) bond motifs is 1. The maximum atomic E-state index is 11.3. The van der Waals surface area contributed by atoms with Crippen LogP contribution in [-0.4, -0.2) is 54.2 Å². The summed E-state index contributed by atoms with van der Waals surface area (Å²) in [5.74, 6) is -0.0498. The third-order valence-corrected chi connectivity index (χ3v) is 5.10. The Bertz CT molecular complexity index is 1210. The van der Waals surface area contributed by atoms with Crippen LogP contribution in [0.5, 0.6) is 0 Å². The number of rotatable bonds is 5. The number of anilines is 2. The second kappa shape index (κ2) is 7.56. The minimum Gasteiger partial charge on any atom is -0.478 e. The molecule has 0 saturated carbocycles. The van der Waals surface area contributed by atoms with E-state index in [9.17, 15) is 9.90 Å². The van der Waals surface area contributed by atoms with E-state index < -0.39 is 5.97 Å². The number of ether oxygens (including phenoxy) is 1. The lowest BCUT2D eigenvalue weighted by atomic mass is 10.1. The van der Waals surface area contributed by atoms with Crippen LogP contribution in [0.25, 0.3) is 22.4 Å². The molecule has 0 amide bonds. The molecule has 3 aromatic heterocycles. The van der Waals surface area contributed by atoms with Crippen molar-refractivity contribution in [1.29, 1.82) is 0 Å². The maximum absolute atomic E-state index is 11.3. The lowest BCUT2D eigenvalue weighted by Gasteiger charge is -2.22. The maximum Gasteiger partial charge on any atom is 0.335 e. The Hall–Kier alpha value is -3.79. The van der Waals surface area contributed by atoms with Gasteiger partial charge < -0.3 is 15.2 Å². The summed E-state index contributed by atoms with van der Waals surface area (Å²) in [6, 6.07) is 6.86. The Morgan fingerprint density at radius 3 is 2.93 bits per heavy atom. The summed E-state index contributed by atoms with van der Waals surface area (Å²) in [6.45, 7) is 1.49. The Labute approximate surface area is 170 Å². The fourth-order valence-electron chi connectivity index (χ4n) is 3.54. The largest absolute Gasteiger partial charge is 0.478 e. The van der Waals surface area contributed by atoms with E-state index in [1.165, 1.54) is 6.07 Å². The molecule has 1 aliphatic rings. The van der Waals surface area contributed by atoms with Crippen molar-refractivity contribution >= 4 is 28.5 Å². The van der Waals surface area contributed by atoms with Crippen molar-refractivity contribution in [2.75, 3.05) is 18.5 Å². The predicted octanol–water partition coefficient (Wildman–Crippen LogP) is 3.01. The normalized spacial score (nSPS) is 14.8. The summed E-state index contributed by atoms with van der Waals surface area (Å²) in [5, 5.41) is 24.0. The molecule has 0 radical (unpaired) electrons. The van der Waals surface area contributed by atoms with Gasteiger partial charge in [0.2, 0.25) is 0 Å². The van der Waals surface area contributed by atoms with Gasteiger partial charge in [-0.15, -0.1) is 0 Å². The molecular weight excluding hydrogens is 386 g/mol. The van der Waals surface area contributed by atoms with E-state index in [2.05, 4.69) is 30.6 Å². The van der Waals surface area contributed by atoms with E-state index in [0.717, 1.165) is 31.7 Å². The van der Waals surface area contributed by atoms with Gasteiger partial charge in [0.1, 0.15) is 11.0 Å². The van der Waals surface area contributed by atoms with Gasteiger partial charge in [0.25, 0.3) is 0 Å². The third kappa shape index (κ3) is 3.48. The van der Waals surface area contributed by atoms with E-state index in [1.807, 2.05) is 10.9 Å². The fraction of sp³-hybridized carbons (Fsp3) is 0.250. The number of nitrogens with zero attached hydrogens (tertiary/aromatic N) is 5. The first-order valence-electron chi connectivity index (χ1n) is 9.61. The first-order chi connectivity index (χ1) is 14.7. The smallest absolute Gasteiger partial charge is 0.335 e. The number of benzene rings is 1. The number of carboxylic acids is 1. The van der Waals surface area contributed by atoms with Gasteiger partial charge in [-0.3, -0.25) is 9.78 Å². The van der Waals surface area contributed by atoms with Gasteiger partial charge >= 0.3 is 5.97 Å². The van der Waals surface area contributed by atoms with Gasteiger partial charge in [-0.25, -0.2) is 14.8 Å². The van der Waals surface area contributed by atoms with Gasteiger partial charge in [-0.1, -0.05) is 12.1 Å². The average molecular weight is 405 g/mol. The van der Waals surface area contributed by atoms with E-state index in [0.29, 0.717) is 34.3 Å². The zero-order valence-electron chi connectivity index (χ0n) is 15.9. The molecule has 0 atom stereocenters. The number of aromatic nitrogens is 6. The number of carboxylic acid groups (broad SMARTS) is 1. The number of nitrogens with one attached hydrogen (secondary N) is 2. The molecule has 10 heteroatoms. The number of carbonyl (C=O) groups is 1. The molecule has 1 aromatic carbocycles. The SMILES string of the molecule is O=C(O)c1cccc(-c2nc(Nc3cnn(C4CCOCC4)c3)c3[nH]ncc3n2)c1. The topological polar surface area (TPSA) is 131 Å². The molecule has 1 saturated heterocycles. The van der Waals surface area contributed by atoms with Crippen molar-refractivity contribution in [2.45, 2.75) is 18.9 Å². The summed E-state index contributed by atoms with van der Waals surface area (Å²) in [4.78, 5) is 20.4. The number of H-pyrrole nitrogens is 1. The highest BCUT2D eigenvalue weighted by atomic mass is 16.5. The quantitative estimate of drug-likeness (QED) is 0.462. The van der Waals surface area contributed by atoms with E-state index >= 15 is 0 Å². The zero-order chi connectivity index (χ0) is 20.5. The molecule has 0 spiro atoms. The van der Waals surface area contributed by atoms with Crippen LogP contribution in [0.4, 0.5) is 11.5 Å². The fourth-order valence-corrected chi connectivity index (χ4v) is 3.54. The standard InChI is InChI=1S/C20H19N7O3/c28-20(29)13-3-1-2-12(8-13)18-24-16-10-21-26-17(16)19(25-18)23-14-9-22-27(11-14)15-4-6-30-7-5-15/h1-3,8-11,15H,4-7H2,(H,21,26)(H,28,29)(H,23,24,25). The van der Waals surface area contributed by atoms with Crippen LogP contribution < -0.4 is 5.32 Å². The van der Waals surface area contributed by atoms with Crippen LogP contribution in [0, 0.1) is 0 Å². The van der Waals surface area contributed by atoms with Crippen molar-refractivity contribution in [1.82, 2.24) is 29.9 Å². The van der Waals surface area contributed by atoms with Crippen LogP contribution >= 0.6 is 0 Å². The van der Waals surface area contributed by atoms with Crippen LogP contribution in [0.3, 0.4) is 0 Å². The second-order valence-corrected chi connectivity index (χ2v) is 7.09. The Morgan fingerprint density at radius 1 is 1.23 bits per heavy atom. The molecule has 10 nitrogen and oxygen atoms in total. The highest BCUT2D eigenvalue weighted by Crippen LogP contribution is 2.27. The molecule has 0 aliphatic carbocycles. The lowest BCUT2D eigenvalue weighted by molar-refractivity contribution is 0.0662. The summed E-state index contributed by atoms with van der Waals surface area (Å²) >= 11 is 0. The van der Waals surface area contributed by atoms with Gasteiger partial charge in [0.05, 0.1) is 29.7 Å². The van der Waals surface area contributed by atoms with Gasteiger partial charge in [0.15, 0.2) is 11.6 Å². The Kier molecular flexibility index (Phi) is 4.60. The van der Waals surface area contributed by atoms with Crippen molar-refractivity contribution in [2.24, 2.45) is 0 Å². The number of hydrogen-bond donors (Lipinski definition) is 3. The summed E-state index contributed by atoms with van der Waals surface area (Å²) in [6.07, 6.45) is 7.18. The molecular formula is C20H19N7O3. The van der Waals surface area contributed by atoms with E-state index in [1.54, 1.807) is 30.6 Å². The second-order valence-electron chi connectivity index (χ2n) is 7.09. The van der Waals surface area contributed by atoms with Crippen molar-refractivity contribution < 1.29 is 14.6 Å².